The van der Waals surface area contributed by atoms with Crippen LogP contribution in [-0.2, 0) is 11.3 Å². The summed E-state index contributed by atoms with van der Waals surface area (Å²) >= 11 is 0. The molecule has 2 rings (SSSR count). The van der Waals surface area contributed by atoms with Gasteiger partial charge in [0.2, 0.25) is 5.95 Å². The minimum atomic E-state index is 0.865. The first-order valence-electron chi connectivity index (χ1n) is 6.87. The summed E-state index contributed by atoms with van der Waals surface area (Å²) in [6.45, 7) is 11.1. The van der Waals surface area contributed by atoms with Gasteiger partial charge in [0.05, 0.1) is 18.9 Å². The van der Waals surface area contributed by atoms with Crippen LogP contribution in [0.15, 0.2) is 6.20 Å². The maximum absolute atomic E-state index is 5.36. The van der Waals surface area contributed by atoms with Crippen LogP contribution in [0.3, 0.4) is 0 Å². The lowest BCUT2D eigenvalue weighted by Gasteiger charge is -2.26. The van der Waals surface area contributed by atoms with Crippen LogP contribution < -0.4 is 5.32 Å². The summed E-state index contributed by atoms with van der Waals surface area (Å²) in [6, 6.07) is 0. The Morgan fingerprint density at radius 2 is 2.11 bits per heavy atom. The van der Waals surface area contributed by atoms with Gasteiger partial charge in [-0.2, -0.15) is 0 Å². The van der Waals surface area contributed by atoms with Crippen molar-refractivity contribution in [1.29, 1.82) is 0 Å². The zero-order valence-electron chi connectivity index (χ0n) is 11.5. The lowest BCUT2D eigenvalue weighted by atomic mass is 10.4. The van der Waals surface area contributed by atoms with Gasteiger partial charge in [0.1, 0.15) is 0 Å². The number of hydrogen-bond acceptors (Lipinski definition) is 4. The van der Waals surface area contributed by atoms with E-state index in [1.54, 1.807) is 0 Å². The van der Waals surface area contributed by atoms with E-state index in [2.05, 4.69) is 32.9 Å². The van der Waals surface area contributed by atoms with Gasteiger partial charge < -0.3 is 14.6 Å². The molecule has 1 fully saturated rings. The molecule has 0 saturated carbocycles. The molecule has 0 bridgehead atoms. The van der Waals surface area contributed by atoms with E-state index in [-0.39, 0.29) is 0 Å². The van der Waals surface area contributed by atoms with Crippen molar-refractivity contribution in [1.82, 2.24) is 14.5 Å². The van der Waals surface area contributed by atoms with Crippen molar-refractivity contribution in [3.05, 3.63) is 11.9 Å². The number of rotatable bonds is 6. The van der Waals surface area contributed by atoms with Crippen molar-refractivity contribution in [3.63, 3.8) is 0 Å². The van der Waals surface area contributed by atoms with Crippen LogP contribution in [0.4, 0.5) is 5.95 Å². The monoisotopic (exact) mass is 252 g/mol. The van der Waals surface area contributed by atoms with Crippen LogP contribution in [0.5, 0.6) is 0 Å². The zero-order valence-corrected chi connectivity index (χ0v) is 11.5. The van der Waals surface area contributed by atoms with Gasteiger partial charge in [-0.05, 0) is 13.3 Å². The second-order valence-electron chi connectivity index (χ2n) is 4.78. The first kappa shape index (κ1) is 13.4. The van der Waals surface area contributed by atoms with E-state index < -0.39 is 0 Å². The molecule has 1 aliphatic heterocycles. The van der Waals surface area contributed by atoms with Crippen molar-refractivity contribution in [2.45, 2.75) is 26.8 Å². The van der Waals surface area contributed by atoms with Gasteiger partial charge in [-0.15, -0.1) is 0 Å². The highest BCUT2D eigenvalue weighted by Crippen LogP contribution is 2.09. The summed E-state index contributed by atoms with van der Waals surface area (Å²) in [5, 5.41) is 3.38. The lowest BCUT2D eigenvalue weighted by molar-refractivity contribution is 0.0364. The Balaban J connectivity index is 1.86. The third kappa shape index (κ3) is 3.71. The third-order valence-corrected chi connectivity index (χ3v) is 3.19. The molecule has 0 atom stereocenters. The van der Waals surface area contributed by atoms with Gasteiger partial charge in [0.25, 0.3) is 0 Å². The molecule has 1 aromatic rings. The van der Waals surface area contributed by atoms with Gasteiger partial charge in [-0.25, -0.2) is 4.98 Å². The molecule has 0 aliphatic carbocycles. The molecule has 1 aliphatic rings. The lowest BCUT2D eigenvalue weighted by Crippen LogP contribution is -2.38. The molecular formula is C13H24N4O. The molecule has 18 heavy (non-hydrogen) atoms. The fourth-order valence-electron chi connectivity index (χ4n) is 2.17. The van der Waals surface area contributed by atoms with E-state index >= 15 is 0 Å². The Morgan fingerprint density at radius 3 is 2.83 bits per heavy atom. The first-order chi connectivity index (χ1) is 8.79. The average Bonchev–Trinajstić information content (AvgIpc) is 2.75. The van der Waals surface area contributed by atoms with Gasteiger partial charge in [0.15, 0.2) is 0 Å². The number of imidazole rings is 1. The maximum Gasteiger partial charge on any atom is 0.203 e. The molecule has 0 aromatic carbocycles. The highest BCUT2D eigenvalue weighted by molar-refractivity contribution is 5.28. The molecule has 5 heteroatoms. The summed E-state index contributed by atoms with van der Waals surface area (Å²) in [4.78, 5) is 6.97. The number of nitrogens with zero attached hydrogens (tertiary/aromatic N) is 3. The molecule has 0 unspecified atom stereocenters. The van der Waals surface area contributed by atoms with E-state index in [9.17, 15) is 0 Å². The van der Waals surface area contributed by atoms with Crippen molar-refractivity contribution in [2.24, 2.45) is 0 Å². The molecule has 1 aromatic heterocycles. The molecule has 2 heterocycles. The fraction of sp³-hybridized carbons (Fsp3) is 0.769. The predicted octanol–water partition coefficient (Wildman–Crippen LogP) is 1.35. The Kier molecular flexibility index (Phi) is 5.01. The van der Waals surface area contributed by atoms with Gasteiger partial charge in [-0.3, -0.25) is 4.90 Å². The summed E-state index contributed by atoms with van der Waals surface area (Å²) in [6.07, 6.45) is 3.24. The van der Waals surface area contributed by atoms with Crippen molar-refractivity contribution in [3.8, 4) is 0 Å². The Labute approximate surface area is 109 Å². The average molecular weight is 252 g/mol. The van der Waals surface area contributed by atoms with E-state index in [0.29, 0.717) is 0 Å². The van der Waals surface area contributed by atoms with Crippen LogP contribution in [0, 0.1) is 6.92 Å². The number of nitrogens with one attached hydrogen (secondary N) is 1. The summed E-state index contributed by atoms with van der Waals surface area (Å²) in [5.41, 5.74) is 1.08. The summed E-state index contributed by atoms with van der Waals surface area (Å²) in [5.74, 6) is 1.00. The molecule has 5 nitrogen and oxygen atoms in total. The minimum absolute atomic E-state index is 0.865. The first-order valence-corrected chi connectivity index (χ1v) is 6.87. The molecular weight excluding hydrogens is 228 g/mol. The third-order valence-electron chi connectivity index (χ3n) is 3.19. The minimum Gasteiger partial charge on any atom is -0.379 e. The van der Waals surface area contributed by atoms with Crippen molar-refractivity contribution < 1.29 is 4.74 Å². The maximum atomic E-state index is 5.36. The summed E-state index contributed by atoms with van der Waals surface area (Å²) < 4.78 is 7.58. The standard InChI is InChI=1S/C13H24N4O/c1-3-4-14-13-15-12(2)11-17(13)6-5-16-7-9-18-10-8-16/h11H,3-10H2,1-2H3,(H,14,15). The van der Waals surface area contributed by atoms with Gasteiger partial charge >= 0.3 is 0 Å². The van der Waals surface area contributed by atoms with E-state index in [1.807, 2.05) is 6.92 Å². The number of aromatic nitrogens is 2. The Hall–Kier alpha value is -1.07. The van der Waals surface area contributed by atoms with Crippen LogP contribution in [0.25, 0.3) is 0 Å². The zero-order chi connectivity index (χ0) is 12.8. The number of ether oxygens (including phenoxy) is 1. The van der Waals surface area contributed by atoms with E-state index in [4.69, 9.17) is 4.74 Å². The number of anilines is 1. The Bertz CT molecular complexity index is 358. The number of hydrogen-bond donors (Lipinski definition) is 1. The van der Waals surface area contributed by atoms with Crippen molar-refractivity contribution in [2.75, 3.05) is 44.7 Å². The van der Waals surface area contributed by atoms with Crippen LogP contribution in [0.2, 0.25) is 0 Å². The summed E-state index contributed by atoms with van der Waals surface area (Å²) in [7, 11) is 0. The second-order valence-corrected chi connectivity index (χ2v) is 4.78. The van der Waals surface area contributed by atoms with E-state index in [1.165, 1.54) is 0 Å². The van der Waals surface area contributed by atoms with Crippen LogP contribution in [-0.4, -0.2) is 53.8 Å². The molecule has 0 spiro atoms. The highest BCUT2D eigenvalue weighted by atomic mass is 16.5. The molecule has 1 N–H and O–H groups in total. The quantitative estimate of drug-likeness (QED) is 0.830. The molecule has 102 valence electrons. The number of morpholine rings is 1. The Morgan fingerprint density at radius 1 is 1.33 bits per heavy atom. The molecule has 1 saturated heterocycles. The molecule has 0 amide bonds. The van der Waals surface area contributed by atoms with Gasteiger partial charge in [0, 0.05) is 38.9 Å². The predicted molar refractivity (Wildman–Crippen MR) is 73.0 cm³/mol. The SMILES string of the molecule is CCCNc1nc(C)cn1CCN1CCOCC1. The van der Waals surface area contributed by atoms with Gasteiger partial charge in [-0.1, -0.05) is 6.92 Å². The highest BCUT2D eigenvalue weighted by Gasteiger charge is 2.11. The molecule has 0 radical (unpaired) electrons. The van der Waals surface area contributed by atoms with Crippen LogP contribution in [0.1, 0.15) is 19.0 Å². The van der Waals surface area contributed by atoms with Crippen molar-refractivity contribution >= 4 is 5.95 Å². The number of aryl methyl sites for hydroxylation is 1. The van der Waals surface area contributed by atoms with Crippen LogP contribution >= 0.6 is 0 Å². The second kappa shape index (κ2) is 6.75. The normalized spacial score (nSPS) is 17.0. The topological polar surface area (TPSA) is 42.3 Å². The smallest absolute Gasteiger partial charge is 0.203 e. The largest absolute Gasteiger partial charge is 0.379 e. The van der Waals surface area contributed by atoms with E-state index in [0.717, 1.165) is 64.0 Å². The fourth-order valence-corrected chi connectivity index (χ4v) is 2.17.